The topological polar surface area (TPSA) is 55.8 Å². The van der Waals surface area contributed by atoms with Crippen molar-refractivity contribution in [3.8, 4) is 5.75 Å². The molecule has 7 heteroatoms. The highest BCUT2D eigenvalue weighted by Gasteiger charge is 2.43. The fourth-order valence-electron chi connectivity index (χ4n) is 3.61. The Morgan fingerprint density at radius 3 is 2.69 bits per heavy atom. The molecular weight excluding hydrogens is 397 g/mol. The van der Waals surface area contributed by atoms with Gasteiger partial charge in [-0.15, -0.1) is 0 Å². The summed E-state index contributed by atoms with van der Waals surface area (Å²) in [6.07, 6.45) is 1.73. The highest BCUT2D eigenvalue weighted by atomic mass is 35.5. The van der Waals surface area contributed by atoms with Crippen LogP contribution in [0.5, 0.6) is 5.75 Å². The normalized spacial score (nSPS) is 18.6. The summed E-state index contributed by atoms with van der Waals surface area (Å²) in [5.41, 5.74) is 2.11. The highest BCUT2D eigenvalue weighted by molar-refractivity contribution is 6.31. The number of cyclic esters (lactones) is 1. The summed E-state index contributed by atoms with van der Waals surface area (Å²) in [6.45, 7) is 3.97. The third-order valence-corrected chi connectivity index (χ3v) is 5.22. The Hall–Kier alpha value is -3.12. The van der Waals surface area contributed by atoms with Gasteiger partial charge in [0.15, 0.2) is 0 Å². The second-order valence-electron chi connectivity index (χ2n) is 6.69. The molecule has 2 heterocycles. The van der Waals surface area contributed by atoms with E-state index >= 15 is 0 Å². The number of hydrogen-bond donors (Lipinski definition) is 0. The Balaban J connectivity index is 1.72. The van der Waals surface area contributed by atoms with Crippen molar-refractivity contribution in [2.45, 2.75) is 12.3 Å². The molecule has 2 aliphatic rings. The molecule has 0 saturated carbocycles. The van der Waals surface area contributed by atoms with Crippen molar-refractivity contribution in [2.24, 2.45) is 0 Å². The van der Waals surface area contributed by atoms with E-state index in [-0.39, 0.29) is 24.0 Å². The van der Waals surface area contributed by atoms with Gasteiger partial charge in [0.25, 0.3) is 0 Å². The van der Waals surface area contributed by atoms with Gasteiger partial charge in [0.05, 0.1) is 22.0 Å². The number of anilines is 1. The van der Waals surface area contributed by atoms with Gasteiger partial charge in [-0.3, -0.25) is 9.69 Å². The smallest absolute Gasteiger partial charge is 0.336 e. The highest BCUT2D eigenvalue weighted by Crippen LogP contribution is 2.42. The molecule has 0 aromatic heterocycles. The van der Waals surface area contributed by atoms with Gasteiger partial charge in [-0.2, -0.15) is 0 Å². The summed E-state index contributed by atoms with van der Waals surface area (Å²) < 4.78 is 24.3. The molecule has 4 rings (SSSR count). The van der Waals surface area contributed by atoms with Crippen molar-refractivity contribution in [1.29, 1.82) is 0 Å². The number of carbonyl (C=O) groups excluding carboxylic acids is 2. The van der Waals surface area contributed by atoms with Crippen molar-refractivity contribution in [2.75, 3.05) is 18.1 Å². The second kappa shape index (κ2) is 7.72. The summed E-state index contributed by atoms with van der Waals surface area (Å²) in [6, 6.07) is 11.3. The number of hydrogen-bond acceptors (Lipinski definition) is 4. The molecule has 5 nitrogen and oxygen atoms in total. The van der Waals surface area contributed by atoms with Crippen molar-refractivity contribution in [1.82, 2.24) is 0 Å². The minimum absolute atomic E-state index is 0.0219. The molecule has 2 aliphatic heterocycles. The SMILES string of the molecule is C=CCOc1ccc(C2CC(=O)N(c3ccc(F)c(Cl)c3)C3=C2C(=O)OC3)cc1. The molecule has 29 heavy (non-hydrogen) atoms. The van der Waals surface area contributed by atoms with Crippen LogP contribution in [0.1, 0.15) is 17.9 Å². The number of amides is 1. The van der Waals surface area contributed by atoms with E-state index in [2.05, 4.69) is 6.58 Å². The zero-order valence-electron chi connectivity index (χ0n) is 15.4. The van der Waals surface area contributed by atoms with Crippen LogP contribution in [-0.2, 0) is 14.3 Å². The maximum atomic E-state index is 13.5. The monoisotopic (exact) mass is 413 g/mol. The summed E-state index contributed by atoms with van der Waals surface area (Å²) in [7, 11) is 0. The van der Waals surface area contributed by atoms with E-state index in [1.54, 1.807) is 18.2 Å². The molecule has 1 amide bonds. The summed E-state index contributed by atoms with van der Waals surface area (Å²) in [4.78, 5) is 26.8. The van der Waals surface area contributed by atoms with Crippen LogP contribution in [0.2, 0.25) is 5.02 Å². The van der Waals surface area contributed by atoms with Crippen LogP contribution >= 0.6 is 11.6 Å². The van der Waals surface area contributed by atoms with Gasteiger partial charge in [0.2, 0.25) is 5.91 Å². The predicted octanol–water partition coefficient (Wildman–Crippen LogP) is 4.38. The standard InChI is InChI=1S/C22H17ClFNO4/c1-2-9-28-15-6-3-13(4-7-15)16-11-20(26)25(19-12-29-22(27)21(16)19)14-5-8-18(24)17(23)10-14/h2-8,10,16H,1,9,11-12H2. The van der Waals surface area contributed by atoms with Crippen molar-refractivity contribution < 1.29 is 23.5 Å². The van der Waals surface area contributed by atoms with Crippen LogP contribution in [0.3, 0.4) is 0 Å². The fraction of sp³-hybridized carbons (Fsp3) is 0.182. The lowest BCUT2D eigenvalue weighted by molar-refractivity contribution is -0.136. The minimum atomic E-state index is -0.579. The van der Waals surface area contributed by atoms with E-state index in [4.69, 9.17) is 21.1 Å². The largest absolute Gasteiger partial charge is 0.490 e. The molecule has 0 radical (unpaired) electrons. The number of carbonyl (C=O) groups is 2. The van der Waals surface area contributed by atoms with Gasteiger partial charge < -0.3 is 9.47 Å². The van der Waals surface area contributed by atoms with Crippen molar-refractivity contribution in [3.63, 3.8) is 0 Å². The number of rotatable bonds is 5. The lowest BCUT2D eigenvalue weighted by Gasteiger charge is -2.32. The third kappa shape index (κ3) is 3.51. The molecule has 148 valence electrons. The summed E-state index contributed by atoms with van der Waals surface area (Å²) in [5.74, 6) is -1.01. The van der Waals surface area contributed by atoms with Gasteiger partial charge >= 0.3 is 5.97 Å². The average molecular weight is 414 g/mol. The zero-order chi connectivity index (χ0) is 20.5. The van der Waals surface area contributed by atoms with Crippen LogP contribution in [0.15, 0.2) is 66.4 Å². The number of benzene rings is 2. The summed E-state index contributed by atoms with van der Waals surface area (Å²) >= 11 is 5.88. The zero-order valence-corrected chi connectivity index (χ0v) is 16.1. The number of esters is 1. The van der Waals surface area contributed by atoms with E-state index < -0.39 is 17.7 Å². The Morgan fingerprint density at radius 2 is 2.00 bits per heavy atom. The van der Waals surface area contributed by atoms with Crippen LogP contribution < -0.4 is 9.64 Å². The third-order valence-electron chi connectivity index (χ3n) is 4.93. The van der Waals surface area contributed by atoms with Crippen LogP contribution in [0.25, 0.3) is 0 Å². The quantitative estimate of drug-likeness (QED) is 0.539. The molecule has 1 unspecified atom stereocenters. The van der Waals surface area contributed by atoms with E-state index in [0.717, 1.165) is 5.56 Å². The Bertz CT molecular complexity index is 1030. The summed E-state index contributed by atoms with van der Waals surface area (Å²) in [5, 5.41) is -0.0973. The lowest BCUT2D eigenvalue weighted by atomic mass is 9.84. The molecule has 1 atom stereocenters. The minimum Gasteiger partial charge on any atom is -0.490 e. The molecule has 0 N–H and O–H groups in total. The van der Waals surface area contributed by atoms with Crippen LogP contribution in [0.4, 0.5) is 10.1 Å². The molecule has 0 fully saturated rings. The van der Waals surface area contributed by atoms with Crippen LogP contribution in [-0.4, -0.2) is 25.1 Å². The number of halogens is 2. The maximum absolute atomic E-state index is 13.5. The molecular formula is C22H17ClFNO4. The Morgan fingerprint density at radius 1 is 1.24 bits per heavy atom. The molecule has 2 aromatic rings. The van der Waals surface area contributed by atoms with Crippen LogP contribution in [0, 0.1) is 5.82 Å². The first kappa shape index (κ1) is 19.2. The van der Waals surface area contributed by atoms with E-state index in [9.17, 15) is 14.0 Å². The number of ether oxygens (including phenoxy) is 2. The van der Waals surface area contributed by atoms with E-state index in [1.165, 1.54) is 23.1 Å². The molecule has 0 saturated heterocycles. The van der Waals surface area contributed by atoms with Crippen molar-refractivity contribution >= 4 is 29.2 Å². The van der Waals surface area contributed by atoms with Gasteiger partial charge in [0.1, 0.15) is 24.8 Å². The first-order valence-electron chi connectivity index (χ1n) is 9.01. The van der Waals surface area contributed by atoms with E-state index in [0.29, 0.717) is 29.3 Å². The fourth-order valence-corrected chi connectivity index (χ4v) is 3.79. The first-order valence-corrected chi connectivity index (χ1v) is 9.39. The average Bonchev–Trinajstić information content (AvgIpc) is 3.10. The lowest BCUT2D eigenvalue weighted by Crippen LogP contribution is -2.37. The van der Waals surface area contributed by atoms with Gasteiger partial charge in [-0.1, -0.05) is 36.4 Å². The van der Waals surface area contributed by atoms with Gasteiger partial charge in [-0.25, -0.2) is 9.18 Å². The van der Waals surface area contributed by atoms with Gasteiger partial charge in [0, 0.05) is 12.3 Å². The van der Waals surface area contributed by atoms with E-state index in [1.807, 2.05) is 12.1 Å². The van der Waals surface area contributed by atoms with Crippen molar-refractivity contribution in [3.05, 3.63) is 82.8 Å². The second-order valence-corrected chi connectivity index (χ2v) is 7.10. The predicted molar refractivity (Wildman–Crippen MR) is 106 cm³/mol. The molecule has 2 aromatic carbocycles. The Kier molecular flexibility index (Phi) is 5.11. The molecule has 0 spiro atoms. The molecule has 0 aliphatic carbocycles. The maximum Gasteiger partial charge on any atom is 0.336 e. The first-order chi connectivity index (χ1) is 14.0. The molecule has 0 bridgehead atoms. The Labute approximate surface area is 172 Å². The number of nitrogens with zero attached hydrogens (tertiary/aromatic N) is 1. The van der Waals surface area contributed by atoms with Gasteiger partial charge in [-0.05, 0) is 35.9 Å².